The highest BCUT2D eigenvalue weighted by Crippen LogP contribution is 2.35. The van der Waals surface area contributed by atoms with Gasteiger partial charge in [0.2, 0.25) is 0 Å². The van der Waals surface area contributed by atoms with Crippen LogP contribution in [0.2, 0.25) is 0 Å². The molecule has 0 atom stereocenters. The molecule has 2 rings (SSSR count). The highest BCUT2D eigenvalue weighted by molar-refractivity contribution is 5.96. The summed E-state index contributed by atoms with van der Waals surface area (Å²) in [4.78, 5) is 11.6. The van der Waals surface area contributed by atoms with Crippen LogP contribution in [0.3, 0.4) is 0 Å². The summed E-state index contributed by atoms with van der Waals surface area (Å²) in [5.41, 5.74) is 0.352. The Bertz CT molecular complexity index is 614. The minimum absolute atomic E-state index is 0.352. The fourth-order valence-electron chi connectivity index (χ4n) is 1.67. The van der Waals surface area contributed by atoms with Crippen molar-refractivity contribution >= 4 is 16.7 Å². The van der Waals surface area contributed by atoms with E-state index in [4.69, 9.17) is 9.47 Å². The van der Waals surface area contributed by atoms with Crippen LogP contribution in [0.25, 0.3) is 10.8 Å². The SMILES string of the molecule is C=C(C)C(=O)Oc1c(OC)ccc2ccccc12. The standard InChI is InChI=1S/C15H14O3/c1-10(2)15(16)18-14-12-7-5-4-6-11(12)8-9-13(14)17-3/h4-9H,1H2,2-3H3. The van der Waals surface area contributed by atoms with Gasteiger partial charge in [-0.05, 0) is 18.4 Å². The van der Waals surface area contributed by atoms with Crippen molar-refractivity contribution in [3.05, 3.63) is 48.6 Å². The lowest BCUT2D eigenvalue weighted by atomic mass is 10.1. The third-order valence-corrected chi connectivity index (χ3v) is 2.61. The zero-order valence-corrected chi connectivity index (χ0v) is 10.4. The van der Waals surface area contributed by atoms with Gasteiger partial charge in [0.1, 0.15) is 0 Å². The Morgan fingerprint density at radius 2 is 1.89 bits per heavy atom. The molecule has 0 unspecified atom stereocenters. The van der Waals surface area contributed by atoms with E-state index >= 15 is 0 Å². The third kappa shape index (κ3) is 2.20. The fourth-order valence-corrected chi connectivity index (χ4v) is 1.67. The molecule has 0 heterocycles. The largest absolute Gasteiger partial charge is 0.493 e. The molecule has 0 aliphatic heterocycles. The van der Waals surface area contributed by atoms with Crippen LogP contribution in [-0.2, 0) is 4.79 Å². The maximum Gasteiger partial charge on any atom is 0.338 e. The molecule has 0 radical (unpaired) electrons. The first-order valence-corrected chi connectivity index (χ1v) is 5.57. The molecule has 0 bridgehead atoms. The fraction of sp³-hybridized carbons (Fsp3) is 0.133. The average molecular weight is 242 g/mol. The average Bonchev–Trinajstić information content (AvgIpc) is 2.39. The van der Waals surface area contributed by atoms with Crippen molar-refractivity contribution in [2.24, 2.45) is 0 Å². The maximum absolute atomic E-state index is 11.6. The van der Waals surface area contributed by atoms with Crippen molar-refractivity contribution in [1.82, 2.24) is 0 Å². The van der Waals surface area contributed by atoms with E-state index in [1.807, 2.05) is 30.3 Å². The molecule has 92 valence electrons. The molecule has 0 amide bonds. The van der Waals surface area contributed by atoms with Crippen LogP contribution in [0.4, 0.5) is 0 Å². The number of ether oxygens (including phenoxy) is 2. The molecule has 0 saturated heterocycles. The normalized spacial score (nSPS) is 10.1. The first-order valence-electron chi connectivity index (χ1n) is 5.57. The van der Waals surface area contributed by atoms with E-state index in [9.17, 15) is 4.79 Å². The molecule has 0 spiro atoms. The van der Waals surface area contributed by atoms with Crippen LogP contribution in [0.1, 0.15) is 6.92 Å². The van der Waals surface area contributed by atoms with E-state index in [1.165, 1.54) is 0 Å². The van der Waals surface area contributed by atoms with E-state index in [2.05, 4.69) is 6.58 Å². The van der Waals surface area contributed by atoms with E-state index in [1.54, 1.807) is 20.1 Å². The van der Waals surface area contributed by atoms with Crippen molar-refractivity contribution in [2.45, 2.75) is 6.92 Å². The van der Waals surface area contributed by atoms with Crippen LogP contribution in [0, 0.1) is 0 Å². The Balaban J connectivity index is 2.57. The molecule has 0 aliphatic carbocycles. The minimum atomic E-state index is -0.454. The number of benzene rings is 2. The van der Waals surface area contributed by atoms with Gasteiger partial charge < -0.3 is 9.47 Å². The molecule has 0 aliphatic rings. The Morgan fingerprint density at radius 1 is 1.17 bits per heavy atom. The molecular weight excluding hydrogens is 228 g/mol. The predicted octanol–water partition coefficient (Wildman–Crippen LogP) is 3.33. The van der Waals surface area contributed by atoms with Gasteiger partial charge in [0.25, 0.3) is 0 Å². The number of hydrogen-bond acceptors (Lipinski definition) is 3. The van der Waals surface area contributed by atoms with Gasteiger partial charge in [-0.2, -0.15) is 0 Å². The Kier molecular flexibility index (Phi) is 3.33. The number of carbonyl (C=O) groups is 1. The van der Waals surface area contributed by atoms with Gasteiger partial charge in [-0.15, -0.1) is 0 Å². The van der Waals surface area contributed by atoms with Crippen molar-refractivity contribution in [1.29, 1.82) is 0 Å². The Hall–Kier alpha value is -2.29. The smallest absolute Gasteiger partial charge is 0.338 e. The molecule has 3 heteroatoms. The lowest BCUT2D eigenvalue weighted by Crippen LogP contribution is -2.09. The number of rotatable bonds is 3. The van der Waals surface area contributed by atoms with E-state index in [0.29, 0.717) is 17.1 Å². The van der Waals surface area contributed by atoms with E-state index in [-0.39, 0.29) is 0 Å². The van der Waals surface area contributed by atoms with Crippen molar-refractivity contribution in [2.75, 3.05) is 7.11 Å². The van der Waals surface area contributed by atoms with Gasteiger partial charge in [0, 0.05) is 11.0 Å². The first-order chi connectivity index (χ1) is 8.63. The van der Waals surface area contributed by atoms with Gasteiger partial charge in [0.05, 0.1) is 7.11 Å². The predicted molar refractivity (Wildman–Crippen MR) is 70.9 cm³/mol. The summed E-state index contributed by atoms with van der Waals surface area (Å²) in [5, 5.41) is 1.83. The van der Waals surface area contributed by atoms with Crippen molar-refractivity contribution < 1.29 is 14.3 Å². The quantitative estimate of drug-likeness (QED) is 0.470. The molecule has 0 saturated carbocycles. The second-order valence-corrected chi connectivity index (χ2v) is 3.99. The van der Waals surface area contributed by atoms with Crippen molar-refractivity contribution in [3.63, 3.8) is 0 Å². The van der Waals surface area contributed by atoms with Gasteiger partial charge in [0.15, 0.2) is 11.5 Å². The number of methoxy groups -OCH3 is 1. The van der Waals surface area contributed by atoms with Crippen LogP contribution in [-0.4, -0.2) is 13.1 Å². The summed E-state index contributed by atoms with van der Waals surface area (Å²) in [6.07, 6.45) is 0. The summed E-state index contributed by atoms with van der Waals surface area (Å²) < 4.78 is 10.6. The zero-order chi connectivity index (χ0) is 13.1. The number of hydrogen-bond donors (Lipinski definition) is 0. The second-order valence-electron chi connectivity index (χ2n) is 3.99. The first kappa shape index (κ1) is 12.2. The molecule has 0 aromatic heterocycles. The number of esters is 1. The summed E-state index contributed by atoms with van der Waals surface area (Å²) in [7, 11) is 1.54. The van der Waals surface area contributed by atoms with Gasteiger partial charge in [-0.25, -0.2) is 4.79 Å². The highest BCUT2D eigenvalue weighted by Gasteiger charge is 2.14. The monoisotopic (exact) mass is 242 g/mol. The summed E-state index contributed by atoms with van der Waals surface area (Å²) in [6, 6.07) is 11.4. The molecule has 2 aromatic rings. The van der Waals surface area contributed by atoms with Crippen LogP contribution < -0.4 is 9.47 Å². The topological polar surface area (TPSA) is 35.5 Å². The minimum Gasteiger partial charge on any atom is -0.493 e. The van der Waals surface area contributed by atoms with Crippen molar-refractivity contribution in [3.8, 4) is 11.5 Å². The third-order valence-electron chi connectivity index (χ3n) is 2.61. The van der Waals surface area contributed by atoms with Gasteiger partial charge in [-0.3, -0.25) is 0 Å². The number of fused-ring (bicyclic) bond motifs is 1. The lowest BCUT2D eigenvalue weighted by molar-refractivity contribution is -0.130. The summed E-state index contributed by atoms with van der Waals surface area (Å²) in [6.45, 7) is 5.18. The zero-order valence-electron chi connectivity index (χ0n) is 10.4. The molecule has 0 fully saturated rings. The van der Waals surface area contributed by atoms with E-state index < -0.39 is 5.97 Å². The summed E-state index contributed by atoms with van der Waals surface area (Å²) >= 11 is 0. The molecular formula is C15H14O3. The van der Waals surface area contributed by atoms with Gasteiger partial charge >= 0.3 is 5.97 Å². The number of carbonyl (C=O) groups excluding carboxylic acids is 1. The second kappa shape index (κ2) is 4.92. The summed E-state index contributed by atoms with van der Waals surface area (Å²) in [5.74, 6) is 0.511. The van der Waals surface area contributed by atoms with E-state index in [0.717, 1.165) is 10.8 Å². The van der Waals surface area contributed by atoms with Crippen LogP contribution >= 0.6 is 0 Å². The maximum atomic E-state index is 11.6. The highest BCUT2D eigenvalue weighted by atomic mass is 16.6. The van der Waals surface area contributed by atoms with Crippen LogP contribution in [0.15, 0.2) is 48.6 Å². The Labute approximate surface area is 106 Å². The molecule has 18 heavy (non-hydrogen) atoms. The molecule has 0 N–H and O–H groups in total. The molecule has 2 aromatic carbocycles. The lowest BCUT2D eigenvalue weighted by Gasteiger charge is -2.12. The molecule has 3 nitrogen and oxygen atoms in total. The van der Waals surface area contributed by atoms with Gasteiger partial charge in [-0.1, -0.05) is 36.9 Å². The Morgan fingerprint density at radius 3 is 2.56 bits per heavy atom. The van der Waals surface area contributed by atoms with Crippen LogP contribution in [0.5, 0.6) is 11.5 Å².